The van der Waals surface area contributed by atoms with Crippen LogP contribution in [0.5, 0.6) is 0 Å². The fourth-order valence-electron chi connectivity index (χ4n) is 2.25. The third kappa shape index (κ3) is 3.50. The Kier molecular flexibility index (Phi) is 5.02. The van der Waals surface area contributed by atoms with Crippen LogP contribution in [0.15, 0.2) is 11.1 Å². The van der Waals surface area contributed by atoms with Gasteiger partial charge in [0.05, 0.1) is 0 Å². The summed E-state index contributed by atoms with van der Waals surface area (Å²) in [6.07, 6.45) is 0.601. The summed E-state index contributed by atoms with van der Waals surface area (Å²) in [7, 11) is 0. The molecule has 2 atom stereocenters. The molecule has 0 aromatic carbocycles. The Morgan fingerprint density at radius 1 is 1.42 bits per heavy atom. The summed E-state index contributed by atoms with van der Waals surface area (Å²) in [6, 6.07) is -0.886. The molecule has 2 unspecified atom stereocenters. The highest BCUT2D eigenvalue weighted by Gasteiger charge is 2.44. The van der Waals surface area contributed by atoms with E-state index in [1.54, 1.807) is 4.90 Å². The summed E-state index contributed by atoms with van der Waals surface area (Å²) in [4.78, 5) is 26.4. The summed E-state index contributed by atoms with van der Waals surface area (Å²) in [5, 5.41) is 2.85. The molecule has 1 aliphatic rings. The number of amides is 2. The predicted molar refractivity (Wildman–Crippen MR) is 76.8 cm³/mol. The molecule has 0 aromatic heterocycles. The van der Waals surface area contributed by atoms with Crippen LogP contribution in [0.1, 0.15) is 41.0 Å². The minimum Gasteiger partial charge on any atom is -0.342 e. The van der Waals surface area contributed by atoms with Gasteiger partial charge in [0.25, 0.3) is 0 Å². The molecule has 4 nitrogen and oxygen atoms in total. The topological polar surface area (TPSA) is 49.4 Å². The molecule has 1 heterocycles. The Morgan fingerprint density at radius 3 is 2.42 bits per heavy atom. The molecule has 1 rings (SSSR count). The van der Waals surface area contributed by atoms with Crippen LogP contribution in [-0.2, 0) is 9.59 Å². The molecule has 0 aromatic rings. The van der Waals surface area contributed by atoms with E-state index in [0.29, 0.717) is 13.0 Å². The zero-order valence-corrected chi connectivity index (χ0v) is 13.0. The van der Waals surface area contributed by atoms with Crippen LogP contribution in [0.4, 0.5) is 0 Å². The molecule has 0 aliphatic carbocycles. The highest BCUT2D eigenvalue weighted by molar-refractivity contribution is 6.25. The lowest BCUT2D eigenvalue weighted by molar-refractivity contribution is -0.152. The quantitative estimate of drug-likeness (QED) is 0.865. The minimum atomic E-state index is -0.481. The molecule has 0 radical (unpaired) electrons. The number of carbonyl (C=O) groups is 2. The normalized spacial score (nSPS) is 25.6. The van der Waals surface area contributed by atoms with E-state index in [9.17, 15) is 9.59 Å². The van der Waals surface area contributed by atoms with E-state index >= 15 is 0 Å². The molecule has 1 saturated heterocycles. The number of halogens is 1. The number of carbonyl (C=O) groups excluding carboxylic acids is 2. The van der Waals surface area contributed by atoms with Crippen LogP contribution >= 0.6 is 11.6 Å². The van der Waals surface area contributed by atoms with Gasteiger partial charge in [0.1, 0.15) is 12.1 Å². The monoisotopic (exact) mass is 286 g/mol. The van der Waals surface area contributed by atoms with Crippen molar-refractivity contribution in [2.24, 2.45) is 5.41 Å². The molecule has 1 aliphatic heterocycles. The maximum Gasteiger partial charge on any atom is 0.246 e. The molecule has 19 heavy (non-hydrogen) atoms. The van der Waals surface area contributed by atoms with Gasteiger partial charge in [-0.25, -0.2) is 0 Å². The van der Waals surface area contributed by atoms with Crippen molar-refractivity contribution in [3.63, 3.8) is 0 Å². The van der Waals surface area contributed by atoms with Crippen molar-refractivity contribution in [1.29, 1.82) is 0 Å². The highest BCUT2D eigenvalue weighted by atomic mass is 35.5. The van der Waals surface area contributed by atoms with E-state index in [0.717, 1.165) is 5.57 Å². The van der Waals surface area contributed by atoms with Gasteiger partial charge >= 0.3 is 0 Å². The molecule has 5 heteroatoms. The maximum absolute atomic E-state index is 12.6. The van der Waals surface area contributed by atoms with Crippen LogP contribution in [0.3, 0.4) is 0 Å². The summed E-state index contributed by atoms with van der Waals surface area (Å²) in [5.74, 6) is -0.110. The lowest BCUT2D eigenvalue weighted by Crippen LogP contribution is -2.66. The first-order chi connectivity index (χ1) is 8.72. The first kappa shape index (κ1) is 16.0. The molecule has 108 valence electrons. The van der Waals surface area contributed by atoms with Gasteiger partial charge in [-0.2, -0.15) is 0 Å². The van der Waals surface area contributed by atoms with Gasteiger partial charge in [-0.3, -0.25) is 9.59 Å². The molecule has 1 N–H and O–H groups in total. The van der Waals surface area contributed by atoms with E-state index in [4.69, 9.17) is 11.6 Å². The zero-order valence-electron chi connectivity index (χ0n) is 12.3. The van der Waals surface area contributed by atoms with Gasteiger partial charge in [0.2, 0.25) is 11.8 Å². The third-order valence-electron chi connectivity index (χ3n) is 3.35. The van der Waals surface area contributed by atoms with Crippen molar-refractivity contribution in [2.45, 2.75) is 53.1 Å². The molecule has 0 bridgehead atoms. The Bertz CT molecular complexity index is 399. The second kappa shape index (κ2) is 5.95. The fourth-order valence-corrected chi connectivity index (χ4v) is 2.31. The van der Waals surface area contributed by atoms with Gasteiger partial charge in [0, 0.05) is 12.1 Å². The van der Waals surface area contributed by atoms with Crippen LogP contribution in [0.2, 0.25) is 0 Å². The maximum atomic E-state index is 12.6. The molecule has 2 amide bonds. The van der Waals surface area contributed by atoms with E-state index < -0.39 is 12.1 Å². The number of hydrogen-bond donors (Lipinski definition) is 1. The Morgan fingerprint density at radius 2 is 2.00 bits per heavy atom. The summed E-state index contributed by atoms with van der Waals surface area (Å²) in [6.45, 7) is 10.0. The molecular weight excluding hydrogens is 264 g/mol. The van der Waals surface area contributed by atoms with Crippen molar-refractivity contribution >= 4 is 23.4 Å². The standard InChI is InChI=1S/C14H23ClN2O2/c1-6-10-12(18)16-11(14(3,4)5)13(19)17(10)8-9(2)7-15/h7,10-11H,6,8H2,1-5H3,(H,16,18). The van der Waals surface area contributed by atoms with E-state index in [-0.39, 0.29) is 17.2 Å². The van der Waals surface area contributed by atoms with E-state index in [1.807, 2.05) is 34.6 Å². The van der Waals surface area contributed by atoms with Crippen molar-refractivity contribution in [3.05, 3.63) is 11.1 Å². The third-order valence-corrected chi connectivity index (χ3v) is 3.73. The zero-order chi connectivity index (χ0) is 14.8. The number of rotatable bonds is 3. The predicted octanol–water partition coefficient (Wildman–Crippen LogP) is 2.28. The van der Waals surface area contributed by atoms with Crippen molar-refractivity contribution in [1.82, 2.24) is 10.2 Å². The summed E-state index contributed by atoms with van der Waals surface area (Å²) >= 11 is 5.67. The lowest BCUT2D eigenvalue weighted by Gasteiger charge is -2.43. The lowest BCUT2D eigenvalue weighted by atomic mass is 9.83. The number of nitrogens with zero attached hydrogens (tertiary/aromatic N) is 1. The second-order valence-electron chi connectivity index (χ2n) is 6.15. The molecule has 0 saturated carbocycles. The number of piperazine rings is 1. The Balaban J connectivity index is 3.06. The van der Waals surface area contributed by atoms with Crippen molar-refractivity contribution in [3.8, 4) is 0 Å². The summed E-state index contributed by atoms with van der Waals surface area (Å²) in [5.41, 5.74) is 2.02. The fraction of sp³-hybridized carbons (Fsp3) is 0.714. The van der Waals surface area contributed by atoms with Gasteiger partial charge in [-0.05, 0) is 24.3 Å². The number of hydrogen-bond acceptors (Lipinski definition) is 2. The Labute approximate surface area is 120 Å². The van der Waals surface area contributed by atoms with Crippen LogP contribution < -0.4 is 5.32 Å². The van der Waals surface area contributed by atoms with Crippen molar-refractivity contribution < 1.29 is 9.59 Å². The molecular formula is C14H23ClN2O2. The average molecular weight is 287 g/mol. The average Bonchev–Trinajstić information content (AvgIpc) is 2.32. The van der Waals surface area contributed by atoms with Crippen LogP contribution in [0, 0.1) is 5.41 Å². The van der Waals surface area contributed by atoms with Gasteiger partial charge in [0.15, 0.2) is 0 Å². The van der Waals surface area contributed by atoms with Gasteiger partial charge in [-0.1, -0.05) is 39.3 Å². The number of nitrogens with one attached hydrogen (secondary N) is 1. The summed E-state index contributed by atoms with van der Waals surface area (Å²) < 4.78 is 0. The van der Waals surface area contributed by atoms with Crippen molar-refractivity contribution in [2.75, 3.05) is 6.54 Å². The highest BCUT2D eigenvalue weighted by Crippen LogP contribution is 2.26. The van der Waals surface area contributed by atoms with Gasteiger partial charge in [-0.15, -0.1) is 0 Å². The second-order valence-corrected chi connectivity index (χ2v) is 6.37. The smallest absolute Gasteiger partial charge is 0.246 e. The Hall–Kier alpha value is -1.03. The van der Waals surface area contributed by atoms with Crippen LogP contribution in [0.25, 0.3) is 0 Å². The van der Waals surface area contributed by atoms with Crippen LogP contribution in [-0.4, -0.2) is 35.3 Å². The van der Waals surface area contributed by atoms with Gasteiger partial charge < -0.3 is 10.2 Å². The molecule has 1 fully saturated rings. The largest absolute Gasteiger partial charge is 0.342 e. The first-order valence-electron chi connectivity index (χ1n) is 6.59. The minimum absolute atomic E-state index is 0.0307. The van der Waals surface area contributed by atoms with E-state index in [2.05, 4.69) is 5.32 Å². The SMILES string of the molecule is CCC1C(=O)NC(C(C)(C)C)C(=O)N1CC(C)=CCl. The van der Waals surface area contributed by atoms with E-state index in [1.165, 1.54) is 5.54 Å². The first-order valence-corrected chi connectivity index (χ1v) is 7.02. The molecule has 0 spiro atoms.